The Morgan fingerprint density at radius 1 is 0.647 bits per heavy atom. The molecule has 0 aliphatic heterocycles. The molecule has 0 bridgehead atoms. The quantitative estimate of drug-likeness (QED) is 0.331. The molecule has 0 unspecified atom stereocenters. The Morgan fingerprint density at radius 2 is 1.06 bits per heavy atom. The summed E-state index contributed by atoms with van der Waals surface area (Å²) in [5.74, 6) is -1.45. The predicted octanol–water partition coefficient (Wildman–Crippen LogP) is 4.77. The van der Waals surface area contributed by atoms with Crippen molar-refractivity contribution < 1.29 is 29.3 Å². The first-order valence-electron chi connectivity index (χ1n) is 10.3. The highest BCUT2D eigenvalue weighted by Gasteiger charge is 2.20. The second kappa shape index (κ2) is 9.41. The van der Waals surface area contributed by atoms with Gasteiger partial charge in [0.25, 0.3) is 11.8 Å². The van der Waals surface area contributed by atoms with Gasteiger partial charge in [-0.05, 0) is 47.2 Å². The molecule has 0 aliphatic rings. The van der Waals surface area contributed by atoms with Gasteiger partial charge in [0.05, 0.1) is 36.7 Å². The smallest absolute Gasteiger partial charge is 0.259 e. The van der Waals surface area contributed by atoms with E-state index >= 15 is 0 Å². The van der Waals surface area contributed by atoms with Crippen molar-refractivity contribution in [1.82, 2.24) is 0 Å². The van der Waals surface area contributed by atoms with Gasteiger partial charge >= 0.3 is 0 Å². The number of nitrogens with one attached hydrogen (secondary N) is 2. The Labute approximate surface area is 195 Å². The van der Waals surface area contributed by atoms with E-state index in [1.807, 2.05) is 24.3 Å². The molecule has 2 amide bonds. The summed E-state index contributed by atoms with van der Waals surface area (Å²) in [7, 11) is 2.78. The maximum absolute atomic E-state index is 13.0. The molecule has 0 fully saturated rings. The molecule has 8 heteroatoms. The molecule has 4 rings (SSSR count). The average Bonchev–Trinajstić information content (AvgIpc) is 2.84. The second-order valence-corrected chi connectivity index (χ2v) is 7.37. The van der Waals surface area contributed by atoms with Crippen molar-refractivity contribution in [1.29, 1.82) is 0 Å². The molecule has 0 atom stereocenters. The van der Waals surface area contributed by atoms with E-state index in [0.29, 0.717) is 11.4 Å². The van der Waals surface area contributed by atoms with Crippen LogP contribution in [0, 0.1) is 0 Å². The fourth-order valence-electron chi connectivity index (χ4n) is 3.57. The maximum atomic E-state index is 13.0. The third-order valence-corrected chi connectivity index (χ3v) is 5.31. The number of aromatic hydroxyl groups is 2. The van der Waals surface area contributed by atoms with Crippen molar-refractivity contribution in [2.45, 2.75) is 0 Å². The topological polar surface area (TPSA) is 117 Å². The third kappa shape index (κ3) is 4.29. The minimum absolute atomic E-state index is 0.00947. The number of carbonyl (C=O) groups excluding carboxylic acids is 2. The van der Waals surface area contributed by atoms with Crippen LogP contribution in [0.15, 0.2) is 72.8 Å². The van der Waals surface area contributed by atoms with Crippen LogP contribution in [-0.4, -0.2) is 36.2 Å². The number of rotatable bonds is 6. The lowest BCUT2D eigenvalue weighted by Gasteiger charge is -2.16. The van der Waals surface area contributed by atoms with Gasteiger partial charge in [-0.2, -0.15) is 0 Å². The zero-order valence-corrected chi connectivity index (χ0v) is 18.5. The third-order valence-electron chi connectivity index (χ3n) is 5.31. The van der Waals surface area contributed by atoms with Crippen LogP contribution >= 0.6 is 0 Å². The molecular formula is C26H22N2O6. The minimum atomic E-state index is -0.591. The number of hydrogen-bond acceptors (Lipinski definition) is 6. The zero-order chi connectivity index (χ0) is 24.2. The first-order valence-corrected chi connectivity index (χ1v) is 10.3. The van der Waals surface area contributed by atoms with E-state index < -0.39 is 11.8 Å². The van der Waals surface area contributed by atoms with Crippen LogP contribution in [0.25, 0.3) is 10.8 Å². The lowest BCUT2D eigenvalue weighted by molar-refractivity contribution is 0.101. The first kappa shape index (κ1) is 22.5. The lowest BCUT2D eigenvalue weighted by Crippen LogP contribution is -2.17. The van der Waals surface area contributed by atoms with Crippen molar-refractivity contribution in [2.24, 2.45) is 0 Å². The predicted molar refractivity (Wildman–Crippen MR) is 129 cm³/mol. The SMILES string of the molecule is COc1cccc(C(=O)Nc2cc3ccccc3cc2NC(=O)c2cccc(OC)c2O)c1O. The summed E-state index contributed by atoms with van der Waals surface area (Å²) in [6, 6.07) is 20.0. The highest BCUT2D eigenvalue weighted by molar-refractivity contribution is 6.13. The largest absolute Gasteiger partial charge is 0.504 e. The zero-order valence-electron chi connectivity index (χ0n) is 18.5. The van der Waals surface area contributed by atoms with Crippen molar-refractivity contribution in [3.05, 3.63) is 83.9 Å². The molecule has 0 radical (unpaired) electrons. The maximum Gasteiger partial charge on any atom is 0.259 e. The molecule has 0 aliphatic carbocycles. The second-order valence-electron chi connectivity index (χ2n) is 7.37. The van der Waals surface area contributed by atoms with Gasteiger partial charge in [-0.3, -0.25) is 9.59 Å². The van der Waals surface area contributed by atoms with E-state index in [-0.39, 0.29) is 34.1 Å². The van der Waals surface area contributed by atoms with Crippen LogP contribution in [0.1, 0.15) is 20.7 Å². The van der Waals surface area contributed by atoms with Crippen LogP contribution in [0.5, 0.6) is 23.0 Å². The summed E-state index contributed by atoms with van der Waals surface area (Å²) < 4.78 is 10.2. The van der Waals surface area contributed by atoms with Gasteiger partial charge in [0, 0.05) is 0 Å². The van der Waals surface area contributed by atoms with E-state index in [4.69, 9.17) is 9.47 Å². The molecule has 172 valence electrons. The Kier molecular flexibility index (Phi) is 6.22. The minimum Gasteiger partial charge on any atom is -0.504 e. The number of para-hydroxylation sites is 2. The number of phenolic OH excluding ortho intramolecular Hbond substituents is 2. The molecule has 8 nitrogen and oxygen atoms in total. The first-order chi connectivity index (χ1) is 16.4. The molecule has 0 saturated heterocycles. The standard InChI is InChI=1S/C26H22N2O6/c1-33-21-11-5-9-17(23(21)29)25(31)27-19-13-15-7-3-4-8-16(15)14-20(19)28-26(32)18-10-6-12-22(34-2)24(18)30/h3-14,29-30H,1-2H3,(H,27,31)(H,28,32). The van der Waals surface area contributed by atoms with Gasteiger partial charge in [-0.15, -0.1) is 0 Å². The molecule has 4 aromatic rings. The van der Waals surface area contributed by atoms with E-state index in [0.717, 1.165) is 10.8 Å². The van der Waals surface area contributed by atoms with E-state index in [1.165, 1.54) is 38.5 Å². The van der Waals surface area contributed by atoms with Crippen LogP contribution in [0.4, 0.5) is 11.4 Å². The fourth-order valence-corrected chi connectivity index (χ4v) is 3.57. The molecule has 34 heavy (non-hydrogen) atoms. The summed E-state index contributed by atoms with van der Waals surface area (Å²) in [5.41, 5.74) is 0.633. The molecular weight excluding hydrogens is 436 g/mol. The number of carbonyl (C=O) groups is 2. The number of phenols is 2. The van der Waals surface area contributed by atoms with Crippen molar-refractivity contribution in [3.8, 4) is 23.0 Å². The Hall–Kier alpha value is -4.72. The van der Waals surface area contributed by atoms with Crippen molar-refractivity contribution >= 4 is 34.0 Å². The number of ether oxygens (including phenoxy) is 2. The Bertz CT molecular complexity index is 1290. The van der Waals surface area contributed by atoms with Crippen LogP contribution in [0.3, 0.4) is 0 Å². The Morgan fingerprint density at radius 3 is 1.44 bits per heavy atom. The van der Waals surface area contributed by atoms with E-state index in [9.17, 15) is 19.8 Å². The van der Waals surface area contributed by atoms with Crippen LogP contribution < -0.4 is 20.1 Å². The van der Waals surface area contributed by atoms with Crippen molar-refractivity contribution in [2.75, 3.05) is 24.9 Å². The number of amides is 2. The molecule has 4 aromatic carbocycles. The average molecular weight is 458 g/mol. The number of fused-ring (bicyclic) bond motifs is 1. The number of hydrogen-bond donors (Lipinski definition) is 4. The van der Waals surface area contributed by atoms with Crippen molar-refractivity contribution in [3.63, 3.8) is 0 Å². The van der Waals surface area contributed by atoms with Gasteiger partial charge in [0.1, 0.15) is 0 Å². The van der Waals surface area contributed by atoms with Gasteiger partial charge in [-0.25, -0.2) is 0 Å². The summed E-state index contributed by atoms with van der Waals surface area (Å²) in [4.78, 5) is 26.0. The molecule has 0 aromatic heterocycles. The molecule has 4 N–H and O–H groups in total. The molecule has 0 spiro atoms. The number of benzene rings is 4. The van der Waals surface area contributed by atoms with Gasteiger partial charge in [0.2, 0.25) is 0 Å². The highest BCUT2D eigenvalue weighted by atomic mass is 16.5. The fraction of sp³-hybridized carbons (Fsp3) is 0.0769. The lowest BCUT2D eigenvalue weighted by atomic mass is 10.1. The summed E-state index contributed by atoms with van der Waals surface area (Å²) in [5, 5.41) is 27.9. The summed E-state index contributed by atoms with van der Waals surface area (Å²) >= 11 is 0. The Balaban J connectivity index is 1.72. The molecule has 0 heterocycles. The highest BCUT2D eigenvalue weighted by Crippen LogP contribution is 2.34. The normalized spacial score (nSPS) is 10.5. The summed E-state index contributed by atoms with van der Waals surface area (Å²) in [6.45, 7) is 0. The van der Waals surface area contributed by atoms with Crippen LogP contribution in [-0.2, 0) is 0 Å². The van der Waals surface area contributed by atoms with Gasteiger partial charge in [0.15, 0.2) is 23.0 Å². The monoisotopic (exact) mass is 458 g/mol. The summed E-state index contributed by atoms with van der Waals surface area (Å²) in [6.07, 6.45) is 0. The number of anilines is 2. The van der Waals surface area contributed by atoms with Gasteiger partial charge < -0.3 is 30.3 Å². The van der Waals surface area contributed by atoms with E-state index in [1.54, 1.807) is 24.3 Å². The number of methoxy groups -OCH3 is 2. The van der Waals surface area contributed by atoms with E-state index in [2.05, 4.69) is 10.6 Å². The van der Waals surface area contributed by atoms with Gasteiger partial charge in [-0.1, -0.05) is 36.4 Å². The molecule has 0 saturated carbocycles. The van der Waals surface area contributed by atoms with Crippen LogP contribution in [0.2, 0.25) is 0 Å².